The molecule has 0 bridgehead atoms. The maximum Gasteiger partial charge on any atom is 0.164 e. The Morgan fingerprint density at radius 3 is 2.65 bits per heavy atom. The molecular weight excluding hydrogens is 272 g/mol. The predicted octanol–water partition coefficient (Wildman–Crippen LogP) is 2.36. The van der Waals surface area contributed by atoms with Crippen molar-refractivity contribution in [3.8, 4) is 6.07 Å². The highest BCUT2D eigenvalue weighted by Crippen LogP contribution is 2.16. The Hall–Kier alpha value is -2.13. The number of aryl methyl sites for hydroxylation is 3. The van der Waals surface area contributed by atoms with E-state index in [-0.39, 0.29) is 12.2 Å². The summed E-state index contributed by atoms with van der Waals surface area (Å²) in [6.07, 6.45) is 0.823. The molecule has 0 aliphatic rings. The fourth-order valence-electron chi connectivity index (χ4n) is 1.91. The number of nitriles is 1. The van der Waals surface area contributed by atoms with Crippen LogP contribution in [0.25, 0.3) is 0 Å². The van der Waals surface area contributed by atoms with E-state index in [1.165, 1.54) is 11.3 Å². The van der Waals surface area contributed by atoms with E-state index in [1.807, 2.05) is 31.4 Å². The summed E-state index contributed by atoms with van der Waals surface area (Å²) >= 11 is 1.49. The van der Waals surface area contributed by atoms with Gasteiger partial charge in [0.1, 0.15) is 0 Å². The Balaban J connectivity index is 2.11. The fourth-order valence-corrected chi connectivity index (χ4v) is 2.51. The Morgan fingerprint density at radius 2 is 2.10 bits per heavy atom. The smallest absolute Gasteiger partial charge is 0.164 e. The summed E-state index contributed by atoms with van der Waals surface area (Å²) in [5, 5.41) is 11.1. The minimum absolute atomic E-state index is 0.162. The molecule has 6 heteroatoms. The summed E-state index contributed by atoms with van der Waals surface area (Å²) in [6, 6.07) is 3.83. The number of thiazole rings is 1. The SMILES string of the molecule is Cc1cc(C)nc(C(C#N)C(=O)CCc2cscn2)n1. The number of Topliss-reactive ketones (excluding diaryl/α,β-unsaturated/α-hetero) is 1. The first kappa shape index (κ1) is 14.3. The third-order valence-electron chi connectivity index (χ3n) is 2.82. The summed E-state index contributed by atoms with van der Waals surface area (Å²) in [6.45, 7) is 3.65. The Labute approximate surface area is 121 Å². The average Bonchev–Trinajstić information content (AvgIpc) is 2.89. The third kappa shape index (κ3) is 3.45. The molecule has 0 amide bonds. The molecule has 0 aromatic carbocycles. The molecule has 2 heterocycles. The van der Waals surface area contributed by atoms with E-state index in [0.717, 1.165) is 17.1 Å². The van der Waals surface area contributed by atoms with Crippen LogP contribution in [-0.4, -0.2) is 20.7 Å². The van der Waals surface area contributed by atoms with Gasteiger partial charge in [0, 0.05) is 23.2 Å². The number of aromatic nitrogens is 3. The number of hydrogen-bond acceptors (Lipinski definition) is 6. The Bertz CT molecular complexity index is 625. The van der Waals surface area contributed by atoms with Crippen molar-refractivity contribution in [3.63, 3.8) is 0 Å². The maximum absolute atomic E-state index is 12.2. The zero-order valence-corrected chi connectivity index (χ0v) is 12.1. The first-order valence-corrected chi connectivity index (χ1v) is 7.16. The van der Waals surface area contributed by atoms with Gasteiger partial charge in [0.05, 0.1) is 17.3 Å². The third-order valence-corrected chi connectivity index (χ3v) is 3.46. The van der Waals surface area contributed by atoms with Crippen molar-refractivity contribution in [2.75, 3.05) is 0 Å². The van der Waals surface area contributed by atoms with Gasteiger partial charge in [-0.25, -0.2) is 15.0 Å². The predicted molar refractivity (Wildman–Crippen MR) is 75.3 cm³/mol. The normalized spacial score (nSPS) is 11.8. The van der Waals surface area contributed by atoms with Crippen LogP contribution in [-0.2, 0) is 11.2 Å². The molecule has 20 heavy (non-hydrogen) atoms. The lowest BCUT2D eigenvalue weighted by Crippen LogP contribution is -2.15. The lowest BCUT2D eigenvalue weighted by atomic mass is 10.00. The zero-order chi connectivity index (χ0) is 14.5. The molecule has 0 aliphatic carbocycles. The van der Waals surface area contributed by atoms with Crippen molar-refractivity contribution in [1.29, 1.82) is 5.26 Å². The van der Waals surface area contributed by atoms with E-state index >= 15 is 0 Å². The van der Waals surface area contributed by atoms with Crippen molar-refractivity contribution in [1.82, 2.24) is 15.0 Å². The van der Waals surface area contributed by atoms with Gasteiger partial charge in [-0.1, -0.05) is 0 Å². The van der Waals surface area contributed by atoms with Gasteiger partial charge in [0.25, 0.3) is 0 Å². The van der Waals surface area contributed by atoms with Crippen LogP contribution in [0.4, 0.5) is 0 Å². The largest absolute Gasteiger partial charge is 0.298 e. The summed E-state index contributed by atoms with van der Waals surface area (Å²) in [5.41, 5.74) is 4.13. The average molecular weight is 286 g/mol. The number of carbonyl (C=O) groups excluding carboxylic acids is 1. The second kappa shape index (κ2) is 6.35. The first-order valence-electron chi connectivity index (χ1n) is 6.21. The molecule has 5 nitrogen and oxygen atoms in total. The highest BCUT2D eigenvalue weighted by molar-refractivity contribution is 7.07. The number of rotatable bonds is 5. The topological polar surface area (TPSA) is 79.5 Å². The number of nitrogens with zero attached hydrogens (tertiary/aromatic N) is 4. The van der Waals surface area contributed by atoms with Crippen molar-refractivity contribution in [2.45, 2.75) is 32.6 Å². The quantitative estimate of drug-likeness (QED) is 0.843. The van der Waals surface area contributed by atoms with Crippen LogP contribution in [0, 0.1) is 25.2 Å². The van der Waals surface area contributed by atoms with Crippen molar-refractivity contribution >= 4 is 17.1 Å². The number of ketones is 1. The summed E-state index contributed by atoms with van der Waals surface area (Å²) in [5.74, 6) is -0.758. The summed E-state index contributed by atoms with van der Waals surface area (Å²) in [7, 11) is 0. The Morgan fingerprint density at radius 1 is 1.40 bits per heavy atom. The standard InChI is InChI=1S/C14H14N4OS/c1-9-5-10(2)18-14(17-9)12(6-15)13(19)4-3-11-7-20-8-16-11/h5,7-8,12H,3-4H2,1-2H3. The van der Waals surface area contributed by atoms with Crippen LogP contribution in [0.5, 0.6) is 0 Å². The summed E-state index contributed by atoms with van der Waals surface area (Å²) in [4.78, 5) is 24.7. The number of hydrogen-bond donors (Lipinski definition) is 0. The van der Waals surface area contributed by atoms with E-state index in [9.17, 15) is 10.1 Å². The van der Waals surface area contributed by atoms with Gasteiger partial charge >= 0.3 is 0 Å². The van der Waals surface area contributed by atoms with Crippen LogP contribution >= 0.6 is 11.3 Å². The molecule has 1 unspecified atom stereocenters. The molecule has 0 radical (unpaired) electrons. The van der Waals surface area contributed by atoms with Gasteiger partial charge in [-0.3, -0.25) is 4.79 Å². The molecule has 2 aromatic heterocycles. The van der Waals surface area contributed by atoms with Crippen LogP contribution in [0.15, 0.2) is 17.0 Å². The molecule has 0 spiro atoms. The molecule has 2 aromatic rings. The monoisotopic (exact) mass is 286 g/mol. The van der Waals surface area contributed by atoms with Gasteiger partial charge in [0.2, 0.25) is 0 Å². The van der Waals surface area contributed by atoms with Gasteiger partial charge in [0.15, 0.2) is 17.5 Å². The van der Waals surface area contributed by atoms with Crippen molar-refractivity contribution < 1.29 is 4.79 Å². The molecule has 0 N–H and O–H groups in total. The van der Waals surface area contributed by atoms with Crippen molar-refractivity contribution in [3.05, 3.63) is 39.9 Å². The van der Waals surface area contributed by atoms with Gasteiger partial charge < -0.3 is 0 Å². The zero-order valence-electron chi connectivity index (χ0n) is 11.3. The minimum Gasteiger partial charge on any atom is -0.298 e. The Kier molecular flexibility index (Phi) is 4.53. The lowest BCUT2D eigenvalue weighted by molar-refractivity contribution is -0.119. The molecule has 1 atom stereocenters. The van der Waals surface area contributed by atoms with Crippen LogP contribution in [0.3, 0.4) is 0 Å². The maximum atomic E-state index is 12.2. The van der Waals surface area contributed by atoms with E-state index in [2.05, 4.69) is 15.0 Å². The molecule has 102 valence electrons. The molecule has 0 aliphatic heterocycles. The molecular formula is C14H14N4OS. The lowest BCUT2D eigenvalue weighted by Gasteiger charge is -2.08. The summed E-state index contributed by atoms with van der Waals surface area (Å²) < 4.78 is 0. The van der Waals surface area contributed by atoms with E-state index in [4.69, 9.17) is 0 Å². The van der Waals surface area contributed by atoms with Crippen LogP contribution < -0.4 is 0 Å². The van der Waals surface area contributed by atoms with Gasteiger partial charge in [-0.15, -0.1) is 11.3 Å². The van der Waals surface area contributed by atoms with Crippen LogP contribution in [0.1, 0.15) is 35.2 Å². The highest BCUT2D eigenvalue weighted by atomic mass is 32.1. The number of carbonyl (C=O) groups is 1. The minimum atomic E-state index is -0.896. The van der Waals surface area contributed by atoms with Crippen LogP contribution in [0.2, 0.25) is 0 Å². The highest BCUT2D eigenvalue weighted by Gasteiger charge is 2.23. The molecule has 2 rings (SSSR count). The van der Waals surface area contributed by atoms with Crippen molar-refractivity contribution in [2.24, 2.45) is 0 Å². The molecule has 0 saturated carbocycles. The van der Waals surface area contributed by atoms with E-state index in [0.29, 0.717) is 12.2 Å². The second-order valence-corrected chi connectivity index (χ2v) is 5.24. The second-order valence-electron chi connectivity index (χ2n) is 4.52. The first-order chi connectivity index (χ1) is 9.60. The van der Waals surface area contributed by atoms with E-state index in [1.54, 1.807) is 5.51 Å². The molecule has 0 fully saturated rings. The van der Waals surface area contributed by atoms with Gasteiger partial charge in [-0.2, -0.15) is 5.26 Å². The fraction of sp³-hybridized carbons (Fsp3) is 0.357. The van der Waals surface area contributed by atoms with E-state index < -0.39 is 5.92 Å². The molecule has 0 saturated heterocycles. The van der Waals surface area contributed by atoms with Gasteiger partial charge in [-0.05, 0) is 26.3 Å².